The Morgan fingerprint density at radius 3 is 2.45 bits per heavy atom. The van der Waals surface area contributed by atoms with Crippen LogP contribution in [0.3, 0.4) is 0 Å². The summed E-state index contributed by atoms with van der Waals surface area (Å²) in [6, 6.07) is 17.5. The van der Waals surface area contributed by atoms with Crippen molar-refractivity contribution in [3.63, 3.8) is 0 Å². The van der Waals surface area contributed by atoms with Crippen molar-refractivity contribution in [2.75, 3.05) is 17.2 Å². The van der Waals surface area contributed by atoms with Gasteiger partial charge in [0, 0.05) is 5.69 Å². The molecule has 0 spiro atoms. The molecule has 29 heavy (non-hydrogen) atoms. The molecule has 0 saturated carbocycles. The number of hydrogen-bond donors (Lipinski definition) is 2. The lowest BCUT2D eigenvalue weighted by Gasteiger charge is -2.17. The van der Waals surface area contributed by atoms with Crippen LogP contribution in [0, 0.1) is 13.8 Å². The van der Waals surface area contributed by atoms with Crippen LogP contribution in [0.2, 0.25) is 0 Å². The van der Waals surface area contributed by atoms with Crippen molar-refractivity contribution in [2.45, 2.75) is 33.6 Å². The van der Waals surface area contributed by atoms with Crippen LogP contribution in [0.15, 0.2) is 60.8 Å². The number of ether oxygens (including phenoxy) is 1. The van der Waals surface area contributed by atoms with Crippen LogP contribution in [-0.2, 0) is 4.79 Å². The average Bonchev–Trinajstić information content (AvgIpc) is 2.70. The van der Waals surface area contributed by atoms with Crippen LogP contribution in [-0.4, -0.2) is 17.5 Å². The number of amides is 1. The SMILES string of the molecule is Cc1ccc(OCC(=O)Nc2ccc(Nc3c(C)cccc3C(C)C)nc2)cc1. The molecule has 5 nitrogen and oxygen atoms in total. The first-order valence-electron chi connectivity index (χ1n) is 9.74. The zero-order chi connectivity index (χ0) is 20.8. The van der Waals surface area contributed by atoms with Crippen LogP contribution < -0.4 is 15.4 Å². The highest BCUT2D eigenvalue weighted by atomic mass is 16.5. The zero-order valence-electron chi connectivity index (χ0n) is 17.3. The number of benzene rings is 2. The Kier molecular flexibility index (Phi) is 6.50. The molecule has 2 aromatic carbocycles. The monoisotopic (exact) mass is 389 g/mol. The number of aromatic nitrogens is 1. The van der Waals surface area contributed by atoms with Crippen molar-refractivity contribution < 1.29 is 9.53 Å². The Balaban J connectivity index is 1.59. The molecule has 0 aliphatic heterocycles. The summed E-state index contributed by atoms with van der Waals surface area (Å²) in [5, 5.41) is 6.21. The Morgan fingerprint density at radius 2 is 1.79 bits per heavy atom. The molecule has 0 aliphatic rings. The van der Waals surface area contributed by atoms with Gasteiger partial charge in [-0.05, 0) is 55.2 Å². The fraction of sp³-hybridized carbons (Fsp3) is 0.250. The second kappa shape index (κ2) is 9.24. The third-order valence-corrected chi connectivity index (χ3v) is 4.62. The van der Waals surface area contributed by atoms with Gasteiger partial charge < -0.3 is 15.4 Å². The summed E-state index contributed by atoms with van der Waals surface area (Å²) in [5.41, 5.74) is 5.27. The van der Waals surface area contributed by atoms with Gasteiger partial charge in [-0.1, -0.05) is 49.7 Å². The number of hydrogen-bond acceptors (Lipinski definition) is 4. The smallest absolute Gasteiger partial charge is 0.262 e. The molecule has 5 heteroatoms. The summed E-state index contributed by atoms with van der Waals surface area (Å²) in [6.45, 7) is 8.38. The molecular weight excluding hydrogens is 362 g/mol. The second-order valence-electron chi connectivity index (χ2n) is 7.40. The minimum atomic E-state index is -0.228. The summed E-state index contributed by atoms with van der Waals surface area (Å²) >= 11 is 0. The molecule has 0 radical (unpaired) electrons. The minimum absolute atomic E-state index is 0.0516. The van der Waals surface area contributed by atoms with Gasteiger partial charge in [0.15, 0.2) is 6.61 Å². The Hall–Kier alpha value is -3.34. The molecule has 0 aliphatic carbocycles. The second-order valence-corrected chi connectivity index (χ2v) is 7.40. The van der Waals surface area contributed by atoms with E-state index in [1.54, 1.807) is 6.20 Å². The van der Waals surface area contributed by atoms with E-state index in [4.69, 9.17) is 4.74 Å². The zero-order valence-corrected chi connectivity index (χ0v) is 17.3. The van der Waals surface area contributed by atoms with Crippen LogP contribution in [0.4, 0.5) is 17.2 Å². The number of anilines is 3. The van der Waals surface area contributed by atoms with Crippen LogP contribution >= 0.6 is 0 Å². The molecule has 1 aromatic heterocycles. The Morgan fingerprint density at radius 1 is 1.03 bits per heavy atom. The maximum atomic E-state index is 12.1. The molecule has 2 N–H and O–H groups in total. The summed E-state index contributed by atoms with van der Waals surface area (Å²) in [4.78, 5) is 16.5. The lowest BCUT2D eigenvalue weighted by molar-refractivity contribution is -0.118. The predicted octanol–water partition coefficient (Wildman–Crippen LogP) is 5.58. The first kappa shape index (κ1) is 20.4. The fourth-order valence-electron chi connectivity index (χ4n) is 2.99. The van der Waals surface area contributed by atoms with Crippen molar-refractivity contribution in [1.29, 1.82) is 0 Å². The van der Waals surface area contributed by atoms with E-state index in [9.17, 15) is 4.79 Å². The topological polar surface area (TPSA) is 63.2 Å². The summed E-state index contributed by atoms with van der Waals surface area (Å²) in [6.07, 6.45) is 1.64. The molecule has 0 atom stereocenters. The molecule has 0 unspecified atom stereocenters. The van der Waals surface area contributed by atoms with Gasteiger partial charge in [0.05, 0.1) is 11.9 Å². The number of carbonyl (C=O) groups excluding carboxylic acids is 1. The quantitative estimate of drug-likeness (QED) is 0.553. The number of carbonyl (C=O) groups is 1. The maximum Gasteiger partial charge on any atom is 0.262 e. The van der Waals surface area contributed by atoms with E-state index < -0.39 is 0 Å². The Labute approximate surface area is 172 Å². The van der Waals surface area contributed by atoms with E-state index in [-0.39, 0.29) is 12.5 Å². The minimum Gasteiger partial charge on any atom is -0.484 e. The first-order valence-corrected chi connectivity index (χ1v) is 9.74. The maximum absolute atomic E-state index is 12.1. The van der Waals surface area contributed by atoms with Crippen molar-refractivity contribution in [3.05, 3.63) is 77.5 Å². The van der Waals surface area contributed by atoms with Gasteiger partial charge in [-0.15, -0.1) is 0 Å². The van der Waals surface area contributed by atoms with E-state index in [1.807, 2.05) is 43.3 Å². The summed E-state index contributed by atoms with van der Waals surface area (Å²) < 4.78 is 5.50. The average molecular weight is 389 g/mol. The van der Waals surface area contributed by atoms with E-state index in [0.717, 1.165) is 17.1 Å². The normalized spacial score (nSPS) is 10.7. The lowest BCUT2D eigenvalue weighted by Crippen LogP contribution is -2.20. The highest BCUT2D eigenvalue weighted by Crippen LogP contribution is 2.29. The molecule has 3 rings (SSSR count). The van der Waals surface area contributed by atoms with Gasteiger partial charge in [0.1, 0.15) is 11.6 Å². The highest BCUT2D eigenvalue weighted by molar-refractivity contribution is 5.91. The highest BCUT2D eigenvalue weighted by Gasteiger charge is 2.10. The lowest BCUT2D eigenvalue weighted by atomic mass is 9.98. The summed E-state index contributed by atoms with van der Waals surface area (Å²) in [7, 11) is 0. The molecule has 1 amide bonds. The molecule has 1 heterocycles. The molecule has 0 bridgehead atoms. The number of rotatable bonds is 7. The fourth-order valence-corrected chi connectivity index (χ4v) is 2.99. The van der Waals surface area contributed by atoms with E-state index in [2.05, 4.69) is 54.6 Å². The van der Waals surface area contributed by atoms with Gasteiger partial charge in [0.2, 0.25) is 0 Å². The van der Waals surface area contributed by atoms with Gasteiger partial charge in [-0.25, -0.2) is 4.98 Å². The largest absolute Gasteiger partial charge is 0.484 e. The molecule has 3 aromatic rings. The van der Waals surface area contributed by atoms with Crippen molar-refractivity contribution >= 4 is 23.1 Å². The van der Waals surface area contributed by atoms with Gasteiger partial charge in [-0.3, -0.25) is 4.79 Å². The predicted molar refractivity (Wildman–Crippen MR) is 118 cm³/mol. The Bertz CT molecular complexity index is 964. The van der Waals surface area contributed by atoms with E-state index >= 15 is 0 Å². The van der Waals surface area contributed by atoms with Crippen molar-refractivity contribution in [3.8, 4) is 5.75 Å². The van der Waals surface area contributed by atoms with Crippen molar-refractivity contribution in [2.24, 2.45) is 0 Å². The third-order valence-electron chi connectivity index (χ3n) is 4.62. The number of pyridine rings is 1. The van der Waals surface area contributed by atoms with E-state index in [1.165, 1.54) is 11.1 Å². The molecular formula is C24H27N3O2. The van der Waals surface area contributed by atoms with Crippen LogP contribution in [0.25, 0.3) is 0 Å². The number of nitrogens with zero attached hydrogens (tertiary/aromatic N) is 1. The number of nitrogens with one attached hydrogen (secondary N) is 2. The first-order chi connectivity index (χ1) is 13.9. The molecule has 0 saturated heterocycles. The third kappa shape index (κ3) is 5.57. The molecule has 150 valence electrons. The van der Waals surface area contributed by atoms with E-state index in [0.29, 0.717) is 17.4 Å². The molecule has 0 fully saturated rings. The van der Waals surface area contributed by atoms with Gasteiger partial charge >= 0.3 is 0 Å². The number of aryl methyl sites for hydroxylation is 2. The standard InChI is InChI=1S/C24H27N3O2/c1-16(2)21-7-5-6-18(4)24(21)27-22-13-10-19(14-25-22)26-23(28)15-29-20-11-8-17(3)9-12-20/h5-14,16H,15H2,1-4H3,(H,25,27)(H,26,28). The van der Waals surface area contributed by atoms with Gasteiger partial charge in [-0.2, -0.15) is 0 Å². The summed E-state index contributed by atoms with van der Waals surface area (Å²) in [5.74, 6) is 1.58. The van der Waals surface area contributed by atoms with Crippen LogP contribution in [0.5, 0.6) is 5.75 Å². The van der Waals surface area contributed by atoms with Crippen molar-refractivity contribution in [1.82, 2.24) is 4.98 Å². The number of para-hydroxylation sites is 1. The van der Waals surface area contributed by atoms with Crippen LogP contribution in [0.1, 0.15) is 36.5 Å². The van der Waals surface area contributed by atoms with Gasteiger partial charge in [0.25, 0.3) is 5.91 Å².